The summed E-state index contributed by atoms with van der Waals surface area (Å²) in [5, 5.41) is 5.36. The van der Waals surface area contributed by atoms with Crippen molar-refractivity contribution in [2.45, 2.75) is 57.5 Å². The van der Waals surface area contributed by atoms with Crippen LogP contribution < -0.4 is 11.1 Å². The van der Waals surface area contributed by atoms with Gasteiger partial charge in [-0.3, -0.25) is 9.69 Å². The smallest absolute Gasteiger partial charge is 0.224 e. The minimum atomic E-state index is -0.333. The summed E-state index contributed by atoms with van der Waals surface area (Å²) < 4.78 is 0. The number of nitrogens with two attached hydrogens (primary N) is 1. The van der Waals surface area contributed by atoms with E-state index in [1.807, 2.05) is 18.3 Å². The van der Waals surface area contributed by atoms with Crippen LogP contribution in [0.15, 0.2) is 17.5 Å². The molecular formula is C19H31N3OS. The Morgan fingerprint density at radius 3 is 3.04 bits per heavy atom. The molecule has 1 aromatic heterocycles. The maximum atomic E-state index is 12.6. The second-order valence-corrected chi connectivity index (χ2v) is 8.90. The molecule has 134 valence electrons. The molecule has 5 heteroatoms. The van der Waals surface area contributed by atoms with Crippen molar-refractivity contribution in [3.63, 3.8) is 0 Å². The van der Waals surface area contributed by atoms with Crippen LogP contribution in [0.4, 0.5) is 0 Å². The monoisotopic (exact) mass is 349 g/mol. The first-order chi connectivity index (χ1) is 11.5. The van der Waals surface area contributed by atoms with Crippen LogP contribution in [0.5, 0.6) is 0 Å². The van der Waals surface area contributed by atoms with Gasteiger partial charge < -0.3 is 11.1 Å². The van der Waals surface area contributed by atoms with Gasteiger partial charge in [0, 0.05) is 30.1 Å². The van der Waals surface area contributed by atoms with Crippen LogP contribution in [-0.2, 0) is 11.3 Å². The minimum absolute atomic E-state index is 0.0166. The zero-order valence-electron chi connectivity index (χ0n) is 14.8. The third-order valence-corrected chi connectivity index (χ3v) is 6.56. The van der Waals surface area contributed by atoms with E-state index in [-0.39, 0.29) is 17.4 Å². The fourth-order valence-electron chi connectivity index (χ4n) is 4.24. The van der Waals surface area contributed by atoms with Gasteiger partial charge in [-0.2, -0.15) is 0 Å². The van der Waals surface area contributed by atoms with Crippen molar-refractivity contribution in [3.8, 4) is 0 Å². The normalized spacial score (nSPS) is 31.8. The third kappa shape index (κ3) is 4.58. The first kappa shape index (κ1) is 17.9. The van der Waals surface area contributed by atoms with Crippen LogP contribution in [0.25, 0.3) is 0 Å². The number of thiophene rings is 1. The molecule has 3 N–H and O–H groups in total. The number of hydrogen-bond acceptors (Lipinski definition) is 4. The van der Waals surface area contributed by atoms with E-state index in [0.717, 1.165) is 45.3 Å². The molecule has 1 aromatic rings. The van der Waals surface area contributed by atoms with Gasteiger partial charge in [0.2, 0.25) is 5.91 Å². The zero-order chi connectivity index (χ0) is 17.0. The molecule has 2 heterocycles. The Kier molecular flexibility index (Phi) is 5.95. The summed E-state index contributed by atoms with van der Waals surface area (Å²) in [7, 11) is 0. The van der Waals surface area contributed by atoms with Crippen LogP contribution >= 0.6 is 11.3 Å². The average Bonchev–Trinajstić information content (AvgIpc) is 3.05. The standard InChI is InChI=1S/C19H31N3OS/c1-19(20)9-3-2-8-17(19)18(23)21-12-15-6-4-10-22(13-15)14-16-7-5-11-24-16/h5,7,11,15,17H,2-4,6,8-10,12-14,20H2,1H3,(H,21,23). The lowest BCUT2D eigenvalue weighted by Gasteiger charge is -2.38. The molecule has 1 saturated heterocycles. The number of carbonyl (C=O) groups excluding carboxylic acids is 1. The van der Waals surface area contributed by atoms with E-state index in [0.29, 0.717) is 5.92 Å². The number of rotatable bonds is 5. The maximum absolute atomic E-state index is 12.6. The molecule has 1 aliphatic heterocycles. The largest absolute Gasteiger partial charge is 0.355 e. The van der Waals surface area contributed by atoms with Crippen molar-refractivity contribution in [1.82, 2.24) is 10.2 Å². The summed E-state index contributed by atoms with van der Waals surface area (Å²) in [4.78, 5) is 16.6. The second kappa shape index (κ2) is 7.98. The Morgan fingerprint density at radius 2 is 2.29 bits per heavy atom. The Labute approximate surface area is 149 Å². The number of nitrogens with one attached hydrogen (secondary N) is 1. The first-order valence-electron chi connectivity index (χ1n) is 9.36. The molecule has 3 atom stereocenters. The topological polar surface area (TPSA) is 58.4 Å². The van der Waals surface area contributed by atoms with Crippen molar-refractivity contribution in [2.75, 3.05) is 19.6 Å². The van der Waals surface area contributed by atoms with E-state index >= 15 is 0 Å². The predicted octanol–water partition coefficient (Wildman–Crippen LogP) is 2.98. The van der Waals surface area contributed by atoms with E-state index in [1.165, 1.54) is 24.3 Å². The Hall–Kier alpha value is -0.910. The fourth-order valence-corrected chi connectivity index (χ4v) is 4.99. The highest BCUT2D eigenvalue weighted by Crippen LogP contribution is 2.31. The second-order valence-electron chi connectivity index (χ2n) is 7.87. The van der Waals surface area contributed by atoms with Crippen molar-refractivity contribution < 1.29 is 4.79 Å². The van der Waals surface area contributed by atoms with Gasteiger partial charge in [0.25, 0.3) is 0 Å². The number of hydrogen-bond donors (Lipinski definition) is 2. The van der Waals surface area contributed by atoms with Gasteiger partial charge in [-0.1, -0.05) is 18.9 Å². The molecule has 0 radical (unpaired) electrons. The SMILES string of the molecule is CC1(N)CCCCC1C(=O)NCC1CCCN(Cc2cccs2)C1. The number of nitrogens with zero attached hydrogens (tertiary/aromatic N) is 1. The number of carbonyl (C=O) groups is 1. The summed E-state index contributed by atoms with van der Waals surface area (Å²) in [6.45, 7) is 6.15. The Morgan fingerprint density at radius 1 is 1.42 bits per heavy atom. The molecule has 3 rings (SSSR count). The van der Waals surface area contributed by atoms with E-state index in [1.54, 1.807) is 0 Å². The van der Waals surface area contributed by atoms with E-state index in [9.17, 15) is 4.79 Å². The molecule has 24 heavy (non-hydrogen) atoms. The summed E-state index contributed by atoms with van der Waals surface area (Å²) in [6.07, 6.45) is 6.62. The van der Waals surface area contributed by atoms with Crippen LogP contribution in [0.3, 0.4) is 0 Å². The Balaban J connectivity index is 1.46. The van der Waals surface area contributed by atoms with Crippen molar-refractivity contribution >= 4 is 17.2 Å². The van der Waals surface area contributed by atoms with Crippen LogP contribution in [0, 0.1) is 11.8 Å². The molecule has 1 aliphatic carbocycles. The minimum Gasteiger partial charge on any atom is -0.355 e. The van der Waals surface area contributed by atoms with Gasteiger partial charge in [0.15, 0.2) is 0 Å². The van der Waals surface area contributed by atoms with Gasteiger partial charge in [-0.05, 0) is 56.5 Å². The lowest BCUT2D eigenvalue weighted by molar-refractivity contribution is -0.128. The van der Waals surface area contributed by atoms with Gasteiger partial charge >= 0.3 is 0 Å². The van der Waals surface area contributed by atoms with Crippen LogP contribution in [0.1, 0.15) is 50.3 Å². The predicted molar refractivity (Wildman–Crippen MR) is 99.9 cm³/mol. The van der Waals surface area contributed by atoms with Gasteiger partial charge in [0.1, 0.15) is 0 Å². The quantitative estimate of drug-likeness (QED) is 0.859. The Bertz CT molecular complexity index is 529. The highest BCUT2D eigenvalue weighted by molar-refractivity contribution is 7.09. The first-order valence-corrected chi connectivity index (χ1v) is 10.2. The van der Waals surface area contributed by atoms with Gasteiger partial charge in [0.05, 0.1) is 5.92 Å². The molecule has 0 bridgehead atoms. The van der Waals surface area contributed by atoms with Crippen molar-refractivity contribution in [3.05, 3.63) is 22.4 Å². The molecule has 2 fully saturated rings. The highest BCUT2D eigenvalue weighted by Gasteiger charge is 2.37. The molecule has 4 nitrogen and oxygen atoms in total. The maximum Gasteiger partial charge on any atom is 0.224 e. The molecule has 1 saturated carbocycles. The molecular weight excluding hydrogens is 318 g/mol. The van der Waals surface area contributed by atoms with E-state index in [4.69, 9.17) is 5.73 Å². The average molecular weight is 350 g/mol. The summed E-state index contributed by atoms with van der Waals surface area (Å²) >= 11 is 1.83. The highest BCUT2D eigenvalue weighted by atomic mass is 32.1. The van der Waals surface area contributed by atoms with Gasteiger partial charge in [-0.15, -0.1) is 11.3 Å². The summed E-state index contributed by atoms with van der Waals surface area (Å²) in [5.41, 5.74) is 6.03. The zero-order valence-corrected chi connectivity index (χ0v) is 15.6. The van der Waals surface area contributed by atoms with E-state index < -0.39 is 0 Å². The van der Waals surface area contributed by atoms with Crippen LogP contribution in [0.2, 0.25) is 0 Å². The summed E-state index contributed by atoms with van der Waals surface area (Å²) in [5.74, 6) is 0.724. The van der Waals surface area contributed by atoms with Crippen molar-refractivity contribution in [2.24, 2.45) is 17.6 Å². The lowest BCUT2D eigenvalue weighted by atomic mass is 9.74. The molecule has 3 unspecified atom stereocenters. The van der Waals surface area contributed by atoms with Crippen molar-refractivity contribution in [1.29, 1.82) is 0 Å². The fraction of sp³-hybridized carbons (Fsp3) is 0.737. The molecule has 0 spiro atoms. The van der Waals surface area contributed by atoms with E-state index in [2.05, 4.69) is 27.7 Å². The van der Waals surface area contributed by atoms with Crippen LogP contribution in [-0.4, -0.2) is 36.0 Å². The third-order valence-electron chi connectivity index (χ3n) is 5.70. The lowest BCUT2D eigenvalue weighted by Crippen LogP contribution is -2.53. The number of piperidine rings is 1. The summed E-state index contributed by atoms with van der Waals surface area (Å²) in [6, 6.07) is 4.33. The van der Waals surface area contributed by atoms with Gasteiger partial charge in [-0.25, -0.2) is 0 Å². The molecule has 2 aliphatic rings. The molecule has 0 aromatic carbocycles. The number of likely N-dealkylation sites (tertiary alicyclic amines) is 1. The molecule has 1 amide bonds. The number of amides is 1.